The van der Waals surface area contributed by atoms with Crippen LogP contribution in [0.25, 0.3) is 0 Å². The van der Waals surface area contributed by atoms with E-state index in [9.17, 15) is 9.59 Å². The number of aryl methyl sites for hydroxylation is 2. The molecule has 29 heavy (non-hydrogen) atoms. The van der Waals surface area contributed by atoms with E-state index in [2.05, 4.69) is 5.32 Å². The first kappa shape index (κ1) is 22.5. The Balaban J connectivity index is 2.13. The number of rotatable bonds is 9. The second-order valence-corrected chi connectivity index (χ2v) is 7.60. The molecule has 0 radical (unpaired) electrons. The fraction of sp³-hybridized carbons (Fsp3) is 0.417. The van der Waals surface area contributed by atoms with Gasteiger partial charge in [0, 0.05) is 12.6 Å². The fourth-order valence-electron chi connectivity index (χ4n) is 2.80. The minimum absolute atomic E-state index is 0.0603. The number of benzene rings is 2. The van der Waals surface area contributed by atoms with Crippen LogP contribution in [0.2, 0.25) is 0 Å². The largest absolute Gasteiger partial charge is 0.484 e. The summed E-state index contributed by atoms with van der Waals surface area (Å²) in [5.41, 5.74) is 3.25. The maximum Gasteiger partial charge on any atom is 0.261 e. The molecule has 0 bridgehead atoms. The van der Waals surface area contributed by atoms with Gasteiger partial charge >= 0.3 is 0 Å². The van der Waals surface area contributed by atoms with Gasteiger partial charge in [-0.05, 0) is 51.8 Å². The minimum atomic E-state index is -0.598. The Hall–Kier alpha value is -2.82. The monoisotopic (exact) mass is 396 g/mol. The molecule has 0 aliphatic heterocycles. The summed E-state index contributed by atoms with van der Waals surface area (Å²) in [6.07, 6.45) is 0.834. The highest BCUT2D eigenvalue weighted by molar-refractivity contribution is 5.88. The lowest BCUT2D eigenvalue weighted by Gasteiger charge is -2.29. The average molecular weight is 397 g/mol. The lowest BCUT2D eigenvalue weighted by molar-refractivity contribution is -0.142. The summed E-state index contributed by atoms with van der Waals surface area (Å²) < 4.78 is 5.67. The molecule has 0 fully saturated rings. The molecule has 2 atom stereocenters. The van der Waals surface area contributed by atoms with Crippen molar-refractivity contribution in [3.05, 3.63) is 65.2 Å². The molecule has 1 N–H and O–H groups in total. The summed E-state index contributed by atoms with van der Waals surface area (Å²) in [5.74, 6) is 0.254. The van der Waals surface area contributed by atoms with Crippen LogP contribution in [0.15, 0.2) is 48.5 Å². The van der Waals surface area contributed by atoms with E-state index in [-0.39, 0.29) is 24.5 Å². The van der Waals surface area contributed by atoms with Gasteiger partial charge in [0.1, 0.15) is 11.8 Å². The van der Waals surface area contributed by atoms with Crippen molar-refractivity contribution in [1.82, 2.24) is 10.2 Å². The summed E-state index contributed by atoms with van der Waals surface area (Å²) in [4.78, 5) is 27.2. The number of nitrogens with one attached hydrogen (secondary N) is 1. The van der Waals surface area contributed by atoms with Crippen molar-refractivity contribution in [2.75, 3.05) is 6.61 Å². The third-order valence-electron chi connectivity index (χ3n) is 5.03. The van der Waals surface area contributed by atoms with Gasteiger partial charge in [0.2, 0.25) is 5.91 Å². The predicted octanol–water partition coefficient (Wildman–Crippen LogP) is 4.01. The van der Waals surface area contributed by atoms with Crippen molar-refractivity contribution in [2.24, 2.45) is 0 Å². The van der Waals surface area contributed by atoms with Crippen LogP contribution in [0.1, 0.15) is 43.9 Å². The Morgan fingerprint density at radius 3 is 2.07 bits per heavy atom. The quantitative estimate of drug-likeness (QED) is 0.697. The molecule has 0 aromatic heterocycles. The van der Waals surface area contributed by atoms with Gasteiger partial charge in [-0.1, -0.05) is 54.4 Å². The zero-order chi connectivity index (χ0) is 21.4. The molecule has 2 aromatic carbocycles. The second-order valence-electron chi connectivity index (χ2n) is 7.60. The van der Waals surface area contributed by atoms with Crippen molar-refractivity contribution in [3.8, 4) is 5.75 Å². The van der Waals surface area contributed by atoms with E-state index in [1.165, 1.54) is 0 Å². The van der Waals surface area contributed by atoms with Gasteiger partial charge in [-0.3, -0.25) is 9.59 Å². The average Bonchev–Trinajstić information content (AvgIpc) is 2.72. The first-order chi connectivity index (χ1) is 13.8. The summed E-state index contributed by atoms with van der Waals surface area (Å²) in [6.45, 7) is 9.98. The number of nitrogens with zero attached hydrogens (tertiary/aromatic N) is 1. The van der Waals surface area contributed by atoms with Crippen LogP contribution in [0.5, 0.6) is 5.75 Å². The van der Waals surface area contributed by atoms with Crippen molar-refractivity contribution < 1.29 is 14.3 Å². The van der Waals surface area contributed by atoms with Gasteiger partial charge < -0.3 is 15.0 Å². The van der Waals surface area contributed by atoms with Gasteiger partial charge in [-0.25, -0.2) is 0 Å². The van der Waals surface area contributed by atoms with Crippen LogP contribution >= 0.6 is 0 Å². The third kappa shape index (κ3) is 6.93. The molecule has 0 heterocycles. The number of ether oxygens (including phenoxy) is 1. The van der Waals surface area contributed by atoms with E-state index in [1.807, 2.05) is 76.2 Å². The Morgan fingerprint density at radius 2 is 1.52 bits per heavy atom. The highest BCUT2D eigenvalue weighted by Gasteiger charge is 2.27. The highest BCUT2D eigenvalue weighted by atomic mass is 16.5. The number of carbonyl (C=O) groups excluding carboxylic acids is 2. The van der Waals surface area contributed by atoms with Crippen LogP contribution in [-0.4, -0.2) is 35.4 Å². The predicted molar refractivity (Wildman–Crippen MR) is 116 cm³/mol. The molecule has 2 amide bonds. The second kappa shape index (κ2) is 10.6. The van der Waals surface area contributed by atoms with Crippen LogP contribution in [0, 0.1) is 13.8 Å². The van der Waals surface area contributed by atoms with Gasteiger partial charge in [0.05, 0.1) is 0 Å². The standard InChI is InChI=1S/C24H32N2O3/c1-6-19(4)25-24(28)20(5)26(15-21-11-7-17(2)8-12-21)23(27)16-29-22-13-9-18(3)10-14-22/h7-14,19-20H,6,15-16H2,1-5H3,(H,25,28)/t19-,20+/m0/s1. The molecule has 0 spiro atoms. The molecule has 5 nitrogen and oxygen atoms in total. The molecular weight excluding hydrogens is 364 g/mol. The molecule has 2 aromatic rings. The molecule has 0 aliphatic carbocycles. The Labute approximate surface area is 174 Å². The molecule has 0 saturated heterocycles. The lowest BCUT2D eigenvalue weighted by atomic mass is 10.1. The number of amides is 2. The van der Waals surface area contributed by atoms with Gasteiger partial charge in [-0.2, -0.15) is 0 Å². The lowest BCUT2D eigenvalue weighted by Crippen LogP contribution is -2.50. The number of hydrogen-bond donors (Lipinski definition) is 1. The zero-order valence-electron chi connectivity index (χ0n) is 18.1. The van der Waals surface area contributed by atoms with E-state index in [0.717, 1.165) is 23.1 Å². The summed E-state index contributed by atoms with van der Waals surface area (Å²) in [5, 5.41) is 2.97. The molecule has 0 saturated carbocycles. The molecule has 156 valence electrons. The maximum atomic E-state index is 13.0. The van der Waals surface area contributed by atoms with Crippen LogP contribution in [0.4, 0.5) is 0 Å². The van der Waals surface area contributed by atoms with Crippen molar-refractivity contribution in [1.29, 1.82) is 0 Å². The van der Waals surface area contributed by atoms with Crippen molar-refractivity contribution in [2.45, 2.75) is 59.7 Å². The van der Waals surface area contributed by atoms with Crippen LogP contribution < -0.4 is 10.1 Å². The number of hydrogen-bond acceptors (Lipinski definition) is 3. The topological polar surface area (TPSA) is 58.6 Å². The SMILES string of the molecule is CC[C@H](C)NC(=O)[C@@H](C)N(Cc1ccc(C)cc1)C(=O)COc1ccc(C)cc1. The Bertz CT molecular complexity index is 800. The van der Waals surface area contributed by atoms with E-state index in [4.69, 9.17) is 4.74 Å². The smallest absolute Gasteiger partial charge is 0.261 e. The van der Waals surface area contributed by atoms with Gasteiger partial charge in [0.15, 0.2) is 6.61 Å². The molecular formula is C24H32N2O3. The Morgan fingerprint density at radius 1 is 0.966 bits per heavy atom. The summed E-state index contributed by atoms with van der Waals surface area (Å²) >= 11 is 0. The van der Waals surface area contributed by atoms with Crippen LogP contribution in [0.3, 0.4) is 0 Å². The minimum Gasteiger partial charge on any atom is -0.484 e. The fourth-order valence-corrected chi connectivity index (χ4v) is 2.80. The zero-order valence-corrected chi connectivity index (χ0v) is 18.1. The first-order valence-corrected chi connectivity index (χ1v) is 10.1. The van der Waals surface area contributed by atoms with Crippen molar-refractivity contribution in [3.63, 3.8) is 0 Å². The van der Waals surface area contributed by atoms with E-state index in [0.29, 0.717) is 12.3 Å². The molecule has 0 aliphatic rings. The highest BCUT2D eigenvalue weighted by Crippen LogP contribution is 2.14. The normalized spacial score (nSPS) is 12.7. The molecule has 5 heteroatoms. The van der Waals surface area contributed by atoms with Crippen LogP contribution in [-0.2, 0) is 16.1 Å². The van der Waals surface area contributed by atoms with E-state index in [1.54, 1.807) is 11.8 Å². The Kier molecular flexibility index (Phi) is 8.25. The third-order valence-corrected chi connectivity index (χ3v) is 5.03. The van der Waals surface area contributed by atoms with Gasteiger partial charge in [-0.15, -0.1) is 0 Å². The summed E-state index contributed by atoms with van der Waals surface area (Å²) in [7, 11) is 0. The van der Waals surface area contributed by atoms with Crippen molar-refractivity contribution >= 4 is 11.8 Å². The van der Waals surface area contributed by atoms with E-state index < -0.39 is 6.04 Å². The number of carbonyl (C=O) groups is 2. The first-order valence-electron chi connectivity index (χ1n) is 10.1. The van der Waals surface area contributed by atoms with E-state index >= 15 is 0 Å². The summed E-state index contributed by atoms with van der Waals surface area (Å²) in [6, 6.07) is 15.0. The maximum absolute atomic E-state index is 13.0. The van der Waals surface area contributed by atoms with Gasteiger partial charge in [0.25, 0.3) is 5.91 Å². The molecule has 0 unspecified atom stereocenters. The molecule has 2 rings (SSSR count).